The monoisotopic (exact) mass is 87.1 g/mol. The van der Waals surface area contributed by atoms with E-state index in [2.05, 4.69) is 4.74 Å². The Balaban J connectivity index is 0. The van der Waals surface area contributed by atoms with Gasteiger partial charge in [0.25, 0.3) is 0 Å². The van der Waals surface area contributed by atoms with Crippen LogP contribution in [0.4, 0.5) is 0 Å². The zero-order valence-corrected chi connectivity index (χ0v) is 4.01. The van der Waals surface area contributed by atoms with E-state index in [0.717, 1.165) is 0 Å². The Bertz CT molecular complexity index is 22.8. The second-order valence-electron chi connectivity index (χ2n) is 0.835. The van der Waals surface area contributed by atoms with Gasteiger partial charge in [-0.15, -0.1) is 0 Å². The largest absolute Gasteiger partial charge is 0.368 e. The number of methoxy groups -OCH3 is 1. The van der Waals surface area contributed by atoms with Crippen LogP contribution >= 0.6 is 0 Å². The summed E-state index contributed by atoms with van der Waals surface area (Å²) in [6, 6.07) is 0. The summed E-state index contributed by atoms with van der Waals surface area (Å²) in [5.41, 5.74) is 0. The molecule has 0 heterocycles. The fourth-order valence-electron chi connectivity index (χ4n) is 0. The normalized spacial score (nSPS) is 12.5. The summed E-state index contributed by atoms with van der Waals surface area (Å²) >= 11 is 0. The van der Waals surface area contributed by atoms with Crippen LogP contribution in [0.25, 0.3) is 0 Å². The summed E-state index contributed by atoms with van der Waals surface area (Å²) in [5, 5.41) is 8.14. The third kappa shape index (κ3) is 9.01. The summed E-state index contributed by atoms with van der Waals surface area (Å²) in [6.07, 6.45) is -0.616. The molecule has 2 nitrogen and oxygen atoms in total. The smallest absolute Gasteiger partial charge is 0.151 e. The van der Waals surface area contributed by atoms with Crippen LogP contribution in [-0.2, 0) is 4.74 Å². The minimum absolute atomic E-state index is 0. The Morgan fingerprint density at radius 2 is 1.83 bits per heavy atom. The first-order chi connectivity index (χ1) is 2.27. The Morgan fingerprint density at radius 1 is 1.67 bits per heavy atom. The highest BCUT2D eigenvalue weighted by Crippen LogP contribution is 1.72. The van der Waals surface area contributed by atoms with Crippen molar-refractivity contribution in [3.63, 3.8) is 0 Å². The van der Waals surface area contributed by atoms with Crippen LogP contribution in [0.15, 0.2) is 0 Å². The van der Waals surface area contributed by atoms with Crippen LogP contribution in [0.3, 0.4) is 0 Å². The lowest BCUT2D eigenvalue weighted by atomic mass is 10.8. The summed E-state index contributed by atoms with van der Waals surface area (Å²) in [7, 11) is 1.45. The molecule has 3 radical (unpaired) electrons. The predicted octanol–water partition coefficient (Wildman–Crippen LogP) is -0.410. The van der Waals surface area contributed by atoms with E-state index in [0.29, 0.717) is 0 Å². The van der Waals surface area contributed by atoms with Gasteiger partial charge in [0.15, 0.2) is 6.29 Å². The fraction of sp³-hybridized carbons (Fsp3) is 1.00. The van der Waals surface area contributed by atoms with Gasteiger partial charge in [0.2, 0.25) is 0 Å². The topological polar surface area (TPSA) is 29.5 Å². The molecule has 6 heavy (non-hydrogen) atoms. The van der Waals surface area contributed by atoms with Crippen LogP contribution < -0.4 is 0 Å². The molecular formula is C3H8BO2. The molecule has 1 unspecified atom stereocenters. The second kappa shape index (κ2) is 4.98. The quantitative estimate of drug-likeness (QED) is 0.348. The van der Waals surface area contributed by atoms with Gasteiger partial charge in [0, 0.05) is 15.5 Å². The Kier molecular flexibility index (Phi) is 7.78. The van der Waals surface area contributed by atoms with Gasteiger partial charge in [-0.3, -0.25) is 0 Å². The van der Waals surface area contributed by atoms with Crippen molar-refractivity contribution in [3.05, 3.63) is 0 Å². The first-order valence-electron chi connectivity index (χ1n) is 1.48. The van der Waals surface area contributed by atoms with Gasteiger partial charge in [-0.1, -0.05) is 0 Å². The van der Waals surface area contributed by atoms with Crippen LogP contribution in [0.2, 0.25) is 0 Å². The average molecular weight is 86.9 g/mol. The maximum atomic E-state index is 8.14. The van der Waals surface area contributed by atoms with E-state index in [1.165, 1.54) is 7.11 Å². The van der Waals surface area contributed by atoms with Crippen molar-refractivity contribution in [2.45, 2.75) is 13.2 Å². The molecule has 0 aromatic heterocycles. The van der Waals surface area contributed by atoms with Crippen molar-refractivity contribution >= 4 is 8.41 Å². The molecule has 0 aliphatic carbocycles. The molecule has 0 aromatic carbocycles. The lowest BCUT2D eigenvalue weighted by Crippen LogP contribution is -1.99. The lowest BCUT2D eigenvalue weighted by Gasteiger charge is -1.94. The molecule has 35 valence electrons. The van der Waals surface area contributed by atoms with E-state index in [9.17, 15) is 0 Å². The number of hydrogen-bond acceptors (Lipinski definition) is 2. The molecule has 3 heteroatoms. The summed E-state index contributed by atoms with van der Waals surface area (Å²) < 4.78 is 4.31. The SMILES string of the molecule is COC(C)O.[B]. The van der Waals surface area contributed by atoms with Gasteiger partial charge >= 0.3 is 0 Å². The number of rotatable bonds is 1. The number of ether oxygens (including phenoxy) is 1. The van der Waals surface area contributed by atoms with E-state index in [1.807, 2.05) is 0 Å². The lowest BCUT2D eigenvalue weighted by molar-refractivity contribution is -0.0583. The maximum absolute atomic E-state index is 8.14. The molecule has 0 amide bonds. The van der Waals surface area contributed by atoms with Crippen molar-refractivity contribution in [1.82, 2.24) is 0 Å². The second-order valence-corrected chi connectivity index (χ2v) is 0.835. The molecule has 1 N–H and O–H groups in total. The fourth-order valence-corrected chi connectivity index (χ4v) is 0. The van der Waals surface area contributed by atoms with Crippen LogP contribution in [0.5, 0.6) is 0 Å². The van der Waals surface area contributed by atoms with Gasteiger partial charge < -0.3 is 9.84 Å². The maximum Gasteiger partial charge on any atom is 0.151 e. The van der Waals surface area contributed by atoms with Gasteiger partial charge in [-0.05, 0) is 6.92 Å². The molecule has 0 bridgehead atoms. The first kappa shape index (κ1) is 9.37. The van der Waals surface area contributed by atoms with E-state index < -0.39 is 6.29 Å². The van der Waals surface area contributed by atoms with Crippen molar-refractivity contribution in [2.75, 3.05) is 7.11 Å². The van der Waals surface area contributed by atoms with Crippen LogP contribution in [-0.4, -0.2) is 26.9 Å². The summed E-state index contributed by atoms with van der Waals surface area (Å²) in [5.74, 6) is 0. The molecular weight excluding hydrogens is 78.8 g/mol. The van der Waals surface area contributed by atoms with E-state index >= 15 is 0 Å². The van der Waals surface area contributed by atoms with Gasteiger partial charge in [0.1, 0.15) is 0 Å². The van der Waals surface area contributed by atoms with Crippen LogP contribution in [0, 0.1) is 0 Å². The van der Waals surface area contributed by atoms with E-state index in [1.54, 1.807) is 6.92 Å². The third-order valence-electron chi connectivity index (χ3n) is 0.341. The molecule has 0 saturated heterocycles. The Hall–Kier alpha value is -0.0151. The van der Waals surface area contributed by atoms with Crippen LogP contribution in [0.1, 0.15) is 6.92 Å². The first-order valence-corrected chi connectivity index (χ1v) is 1.48. The van der Waals surface area contributed by atoms with Gasteiger partial charge in [0.05, 0.1) is 0 Å². The Morgan fingerprint density at radius 3 is 1.83 bits per heavy atom. The summed E-state index contributed by atoms with van der Waals surface area (Å²) in [4.78, 5) is 0. The third-order valence-corrected chi connectivity index (χ3v) is 0.341. The minimum Gasteiger partial charge on any atom is -0.368 e. The number of aliphatic hydroxyl groups is 1. The standard InChI is InChI=1S/C3H8O2.B/c1-3(4)5-2;/h3-4H,1-2H3;. The number of aliphatic hydroxyl groups excluding tert-OH is 1. The van der Waals surface area contributed by atoms with E-state index in [4.69, 9.17) is 5.11 Å². The zero-order valence-electron chi connectivity index (χ0n) is 4.01. The molecule has 0 spiro atoms. The molecule has 0 aliphatic heterocycles. The zero-order chi connectivity index (χ0) is 4.28. The molecule has 0 saturated carbocycles. The number of hydrogen-bond donors (Lipinski definition) is 1. The van der Waals surface area contributed by atoms with Crippen molar-refractivity contribution in [3.8, 4) is 0 Å². The molecule has 0 aromatic rings. The predicted molar refractivity (Wildman–Crippen MR) is 24.4 cm³/mol. The van der Waals surface area contributed by atoms with Gasteiger partial charge in [-0.25, -0.2) is 0 Å². The molecule has 0 fully saturated rings. The molecule has 1 atom stereocenters. The minimum atomic E-state index is -0.616. The highest BCUT2D eigenvalue weighted by atomic mass is 16.6. The average Bonchev–Trinajstić information content (AvgIpc) is 1.38. The van der Waals surface area contributed by atoms with Crippen molar-refractivity contribution in [1.29, 1.82) is 0 Å². The van der Waals surface area contributed by atoms with Gasteiger partial charge in [-0.2, -0.15) is 0 Å². The highest BCUT2D eigenvalue weighted by molar-refractivity contribution is 5.75. The Labute approximate surface area is 39.7 Å². The van der Waals surface area contributed by atoms with Crippen molar-refractivity contribution < 1.29 is 9.84 Å². The highest BCUT2D eigenvalue weighted by Gasteiger charge is 1.80. The summed E-state index contributed by atoms with van der Waals surface area (Å²) in [6.45, 7) is 1.56. The molecule has 0 rings (SSSR count). The van der Waals surface area contributed by atoms with E-state index in [-0.39, 0.29) is 8.41 Å². The van der Waals surface area contributed by atoms with Crippen molar-refractivity contribution in [2.24, 2.45) is 0 Å². The molecule has 0 aliphatic rings.